The monoisotopic (exact) mass is 406 g/mol. The molecule has 2 atom stereocenters. The van der Waals surface area contributed by atoms with E-state index >= 15 is 0 Å². The van der Waals surface area contributed by atoms with E-state index in [9.17, 15) is 4.79 Å². The van der Waals surface area contributed by atoms with Gasteiger partial charge in [0, 0.05) is 55.3 Å². The van der Waals surface area contributed by atoms with Gasteiger partial charge in [-0.3, -0.25) is 4.79 Å². The fourth-order valence-corrected chi connectivity index (χ4v) is 6.07. The van der Waals surface area contributed by atoms with Crippen LogP contribution in [-0.2, 0) is 20.0 Å². The van der Waals surface area contributed by atoms with E-state index in [4.69, 9.17) is 0 Å². The fourth-order valence-electron chi connectivity index (χ4n) is 6.07. The number of likely N-dealkylation sites (tertiary alicyclic amines) is 1. The highest BCUT2D eigenvalue weighted by Crippen LogP contribution is 2.52. The molecule has 1 aromatic carbocycles. The molecule has 2 aliphatic rings. The fraction of sp³-hybridized carbons (Fsp3) is 0.565. The van der Waals surface area contributed by atoms with Crippen molar-refractivity contribution >= 4 is 16.8 Å². The van der Waals surface area contributed by atoms with Crippen molar-refractivity contribution in [3.8, 4) is 0 Å². The number of fused-ring (bicyclic) bond motifs is 3. The van der Waals surface area contributed by atoms with Crippen LogP contribution in [0.3, 0.4) is 0 Å². The Hall–Kier alpha value is -2.70. The maximum absolute atomic E-state index is 13.4. The Morgan fingerprint density at radius 3 is 2.80 bits per heavy atom. The SMILES string of the molecule is Cn1nnnc1CCn1ccc2cc(C(=O)N3CC4(C)CC3CC(C)(C)C4)ccc21. The molecule has 1 aliphatic heterocycles. The van der Waals surface area contributed by atoms with Crippen LogP contribution in [0.5, 0.6) is 0 Å². The van der Waals surface area contributed by atoms with Crippen LogP contribution in [0.1, 0.15) is 56.2 Å². The number of hydrogen-bond acceptors (Lipinski definition) is 4. The first-order valence-electron chi connectivity index (χ1n) is 10.8. The van der Waals surface area contributed by atoms with Gasteiger partial charge in [0.05, 0.1) is 0 Å². The number of carbonyl (C=O) groups is 1. The van der Waals surface area contributed by atoms with E-state index in [1.165, 1.54) is 6.42 Å². The van der Waals surface area contributed by atoms with Gasteiger partial charge < -0.3 is 9.47 Å². The summed E-state index contributed by atoms with van der Waals surface area (Å²) in [6.45, 7) is 8.72. The number of benzene rings is 1. The third-order valence-corrected chi connectivity index (χ3v) is 6.98. The lowest BCUT2D eigenvalue weighted by Crippen LogP contribution is -2.37. The van der Waals surface area contributed by atoms with Gasteiger partial charge in [0.1, 0.15) is 0 Å². The van der Waals surface area contributed by atoms with Crippen LogP contribution in [0, 0.1) is 10.8 Å². The van der Waals surface area contributed by atoms with Gasteiger partial charge in [0.25, 0.3) is 5.91 Å². The Labute approximate surface area is 177 Å². The number of amides is 1. The molecule has 0 radical (unpaired) electrons. The molecule has 2 aromatic heterocycles. The van der Waals surface area contributed by atoms with E-state index in [2.05, 4.69) is 64.1 Å². The third kappa shape index (κ3) is 3.30. The Bertz CT molecular complexity index is 1110. The summed E-state index contributed by atoms with van der Waals surface area (Å²) in [5, 5.41) is 12.7. The van der Waals surface area contributed by atoms with Crippen molar-refractivity contribution in [2.24, 2.45) is 17.9 Å². The van der Waals surface area contributed by atoms with Gasteiger partial charge in [-0.15, -0.1) is 5.10 Å². The van der Waals surface area contributed by atoms with Crippen molar-refractivity contribution in [1.82, 2.24) is 29.7 Å². The summed E-state index contributed by atoms with van der Waals surface area (Å²) in [6, 6.07) is 8.57. The molecular formula is C23H30N6O. The minimum atomic E-state index is 0.182. The second-order valence-electron chi connectivity index (χ2n) is 10.4. The number of hydrogen-bond donors (Lipinski definition) is 0. The van der Waals surface area contributed by atoms with Crippen LogP contribution >= 0.6 is 0 Å². The Morgan fingerprint density at radius 2 is 2.03 bits per heavy atom. The topological polar surface area (TPSA) is 68.8 Å². The van der Waals surface area contributed by atoms with Gasteiger partial charge >= 0.3 is 0 Å². The smallest absolute Gasteiger partial charge is 0.254 e. The van der Waals surface area contributed by atoms with Gasteiger partial charge in [-0.05, 0) is 64.8 Å². The van der Waals surface area contributed by atoms with E-state index in [1.807, 2.05) is 19.2 Å². The average Bonchev–Trinajstić information content (AvgIpc) is 3.33. The highest BCUT2D eigenvalue weighted by molar-refractivity contribution is 5.98. The van der Waals surface area contributed by atoms with Crippen LogP contribution in [0.25, 0.3) is 10.9 Å². The van der Waals surface area contributed by atoms with Gasteiger partial charge in [0.2, 0.25) is 0 Å². The molecule has 2 unspecified atom stereocenters. The standard InChI is InChI=1S/C23H30N6O/c1-22(2)12-18-13-23(3,14-22)15-29(18)21(30)17-5-6-19-16(11-17)7-9-28(19)10-8-20-24-25-26-27(20)4/h5-7,9,11,18H,8,10,12-15H2,1-4H3. The third-order valence-electron chi connectivity index (χ3n) is 6.98. The van der Waals surface area contributed by atoms with Gasteiger partial charge in [-0.2, -0.15) is 0 Å². The van der Waals surface area contributed by atoms with Crippen LogP contribution < -0.4 is 0 Å². The summed E-state index contributed by atoms with van der Waals surface area (Å²) >= 11 is 0. The van der Waals surface area contributed by atoms with E-state index in [0.717, 1.165) is 54.6 Å². The first-order chi connectivity index (χ1) is 14.2. The van der Waals surface area contributed by atoms with Gasteiger partial charge in [-0.25, -0.2) is 4.68 Å². The lowest BCUT2D eigenvalue weighted by molar-refractivity contribution is 0.0708. The molecule has 0 N–H and O–H groups in total. The zero-order chi connectivity index (χ0) is 21.1. The van der Waals surface area contributed by atoms with Crippen LogP contribution in [0.2, 0.25) is 0 Å². The summed E-state index contributed by atoms with van der Waals surface area (Å²) in [5.74, 6) is 1.04. The molecule has 7 heteroatoms. The molecule has 5 rings (SSSR count). The molecule has 2 bridgehead atoms. The summed E-state index contributed by atoms with van der Waals surface area (Å²) < 4.78 is 3.90. The van der Waals surface area contributed by atoms with Crippen molar-refractivity contribution in [2.75, 3.05) is 6.54 Å². The van der Waals surface area contributed by atoms with E-state index < -0.39 is 0 Å². The summed E-state index contributed by atoms with van der Waals surface area (Å²) in [5.41, 5.74) is 2.50. The summed E-state index contributed by atoms with van der Waals surface area (Å²) in [4.78, 5) is 15.6. The highest BCUT2D eigenvalue weighted by Gasteiger charge is 2.51. The lowest BCUT2D eigenvalue weighted by Gasteiger charge is -2.39. The molecule has 3 heterocycles. The zero-order valence-corrected chi connectivity index (χ0v) is 18.3. The maximum atomic E-state index is 13.4. The van der Waals surface area contributed by atoms with Crippen LogP contribution in [0.4, 0.5) is 0 Å². The second kappa shape index (κ2) is 6.65. The molecule has 1 aliphatic carbocycles. The molecular weight excluding hydrogens is 376 g/mol. The quantitative estimate of drug-likeness (QED) is 0.665. The first-order valence-corrected chi connectivity index (χ1v) is 10.8. The van der Waals surface area contributed by atoms with Crippen molar-refractivity contribution in [2.45, 2.75) is 59.0 Å². The molecule has 3 aromatic rings. The first kappa shape index (κ1) is 19.3. The Balaban J connectivity index is 1.36. The number of rotatable bonds is 4. The van der Waals surface area contributed by atoms with Crippen LogP contribution in [-0.4, -0.2) is 48.2 Å². The predicted molar refractivity (Wildman–Crippen MR) is 115 cm³/mol. The van der Waals surface area contributed by atoms with Crippen LogP contribution in [0.15, 0.2) is 30.5 Å². The number of aryl methyl sites for hydroxylation is 3. The molecule has 1 amide bonds. The van der Waals surface area contributed by atoms with Crippen molar-refractivity contribution < 1.29 is 4.79 Å². The number of carbonyl (C=O) groups excluding carboxylic acids is 1. The Morgan fingerprint density at radius 1 is 1.20 bits per heavy atom. The molecule has 158 valence electrons. The number of tetrazole rings is 1. The molecule has 7 nitrogen and oxygen atoms in total. The van der Waals surface area contributed by atoms with Crippen molar-refractivity contribution in [3.63, 3.8) is 0 Å². The van der Waals surface area contributed by atoms with E-state index in [1.54, 1.807) is 4.68 Å². The zero-order valence-electron chi connectivity index (χ0n) is 18.3. The van der Waals surface area contributed by atoms with Gasteiger partial charge in [-0.1, -0.05) is 20.8 Å². The molecule has 1 saturated heterocycles. The minimum Gasteiger partial charge on any atom is -0.347 e. The van der Waals surface area contributed by atoms with Crippen molar-refractivity contribution in [3.05, 3.63) is 41.9 Å². The maximum Gasteiger partial charge on any atom is 0.254 e. The van der Waals surface area contributed by atoms with E-state index in [0.29, 0.717) is 11.5 Å². The molecule has 0 spiro atoms. The van der Waals surface area contributed by atoms with Gasteiger partial charge in [0.15, 0.2) is 5.82 Å². The minimum absolute atomic E-state index is 0.182. The number of aromatic nitrogens is 5. The second-order valence-corrected chi connectivity index (χ2v) is 10.4. The highest BCUT2D eigenvalue weighted by atomic mass is 16.2. The molecule has 1 saturated carbocycles. The summed E-state index contributed by atoms with van der Waals surface area (Å²) in [6.07, 6.45) is 6.28. The summed E-state index contributed by atoms with van der Waals surface area (Å²) in [7, 11) is 1.86. The lowest BCUT2D eigenvalue weighted by atomic mass is 9.65. The predicted octanol–water partition coefficient (Wildman–Crippen LogP) is 3.45. The van der Waals surface area contributed by atoms with E-state index in [-0.39, 0.29) is 11.3 Å². The Kier molecular flexibility index (Phi) is 4.27. The normalized spacial score (nSPS) is 25.2. The molecule has 2 fully saturated rings. The average molecular weight is 407 g/mol. The van der Waals surface area contributed by atoms with Crippen molar-refractivity contribution in [1.29, 1.82) is 0 Å². The number of nitrogens with zero attached hydrogens (tertiary/aromatic N) is 6. The molecule has 30 heavy (non-hydrogen) atoms. The largest absolute Gasteiger partial charge is 0.347 e.